The van der Waals surface area contributed by atoms with Crippen LogP contribution in [-0.2, 0) is 4.79 Å². The third-order valence-corrected chi connectivity index (χ3v) is 2.36. The molecule has 1 aromatic heterocycles. The number of rotatable bonds is 3. The van der Waals surface area contributed by atoms with E-state index < -0.39 is 11.9 Å². The van der Waals surface area contributed by atoms with Crippen LogP contribution in [0.5, 0.6) is 0 Å². The maximum Gasteiger partial charge on any atom is 0.313 e. The molecule has 0 amide bonds. The van der Waals surface area contributed by atoms with Gasteiger partial charge in [0.2, 0.25) is 0 Å². The van der Waals surface area contributed by atoms with E-state index in [-0.39, 0.29) is 6.54 Å². The first-order chi connectivity index (χ1) is 7.72. The minimum atomic E-state index is -0.980. The van der Waals surface area contributed by atoms with Gasteiger partial charge in [0.25, 0.3) is 0 Å². The molecule has 1 aromatic carbocycles. The molecule has 2 aromatic rings. The van der Waals surface area contributed by atoms with Gasteiger partial charge in [-0.15, -0.1) is 0 Å². The van der Waals surface area contributed by atoms with Crippen molar-refractivity contribution >= 4 is 17.0 Å². The van der Waals surface area contributed by atoms with Gasteiger partial charge in [0, 0.05) is 6.54 Å². The number of carboxylic acid groups (broad SMARTS) is 1. The van der Waals surface area contributed by atoms with Crippen LogP contribution >= 0.6 is 0 Å². The lowest BCUT2D eigenvalue weighted by Gasteiger charge is -2.08. The molecule has 0 aliphatic rings. The lowest BCUT2D eigenvalue weighted by Crippen LogP contribution is -2.22. The molecule has 5 nitrogen and oxygen atoms in total. The molecule has 82 valence electrons. The molecule has 0 saturated carbocycles. The van der Waals surface area contributed by atoms with Crippen molar-refractivity contribution in [2.24, 2.45) is 5.73 Å². The van der Waals surface area contributed by atoms with E-state index in [1.165, 1.54) is 6.20 Å². The molecule has 1 heterocycles. The molecule has 0 aliphatic carbocycles. The fourth-order valence-electron chi connectivity index (χ4n) is 1.49. The van der Waals surface area contributed by atoms with Gasteiger partial charge in [-0.1, -0.05) is 12.1 Å². The van der Waals surface area contributed by atoms with Gasteiger partial charge < -0.3 is 10.8 Å². The number of hydrogen-bond acceptors (Lipinski definition) is 4. The Bertz CT molecular complexity index is 527. The number of fused-ring (bicyclic) bond motifs is 1. The zero-order valence-corrected chi connectivity index (χ0v) is 8.50. The number of carbonyl (C=O) groups is 1. The van der Waals surface area contributed by atoms with Crippen LogP contribution < -0.4 is 5.73 Å². The van der Waals surface area contributed by atoms with E-state index in [1.807, 2.05) is 18.2 Å². The first-order valence-electron chi connectivity index (χ1n) is 4.87. The van der Waals surface area contributed by atoms with E-state index in [1.54, 1.807) is 6.07 Å². The third-order valence-electron chi connectivity index (χ3n) is 2.36. The van der Waals surface area contributed by atoms with Crippen molar-refractivity contribution in [3.8, 4) is 0 Å². The summed E-state index contributed by atoms with van der Waals surface area (Å²) in [7, 11) is 0. The summed E-state index contributed by atoms with van der Waals surface area (Å²) in [5.41, 5.74) is 7.22. The summed E-state index contributed by atoms with van der Waals surface area (Å²) in [5, 5.41) is 8.95. The van der Waals surface area contributed by atoms with Crippen molar-refractivity contribution in [3.63, 3.8) is 0 Å². The van der Waals surface area contributed by atoms with E-state index in [0.29, 0.717) is 11.2 Å². The van der Waals surface area contributed by atoms with Crippen LogP contribution in [0.3, 0.4) is 0 Å². The number of carboxylic acids is 1. The molecule has 1 atom stereocenters. The average Bonchev–Trinajstić information content (AvgIpc) is 2.29. The first-order valence-corrected chi connectivity index (χ1v) is 4.87. The summed E-state index contributed by atoms with van der Waals surface area (Å²) in [6.07, 6.45) is 1.47. The summed E-state index contributed by atoms with van der Waals surface area (Å²) in [5.74, 6) is -1.77. The van der Waals surface area contributed by atoms with Crippen molar-refractivity contribution in [3.05, 3.63) is 36.2 Å². The van der Waals surface area contributed by atoms with Crippen LogP contribution in [-0.4, -0.2) is 27.6 Å². The number of benzene rings is 1. The minimum Gasteiger partial charge on any atom is -0.481 e. The highest BCUT2D eigenvalue weighted by Crippen LogP contribution is 2.15. The van der Waals surface area contributed by atoms with Gasteiger partial charge in [-0.25, -0.2) is 4.98 Å². The molecule has 0 bridgehead atoms. The Balaban J connectivity index is 2.49. The highest BCUT2D eigenvalue weighted by molar-refractivity contribution is 5.78. The van der Waals surface area contributed by atoms with E-state index in [2.05, 4.69) is 9.97 Å². The Labute approximate surface area is 91.9 Å². The number of nitrogens with zero attached hydrogens (tertiary/aromatic N) is 2. The lowest BCUT2D eigenvalue weighted by atomic mass is 10.1. The molecule has 16 heavy (non-hydrogen) atoms. The molecule has 0 fully saturated rings. The molecule has 2 rings (SSSR count). The molecule has 5 heteroatoms. The summed E-state index contributed by atoms with van der Waals surface area (Å²) >= 11 is 0. The fraction of sp³-hybridized carbons (Fsp3) is 0.182. The van der Waals surface area contributed by atoms with Crippen LogP contribution in [0.2, 0.25) is 0 Å². The van der Waals surface area contributed by atoms with Crippen molar-refractivity contribution in [2.45, 2.75) is 5.92 Å². The summed E-state index contributed by atoms with van der Waals surface area (Å²) in [6.45, 7) is 0.0162. The van der Waals surface area contributed by atoms with Crippen molar-refractivity contribution < 1.29 is 9.90 Å². The highest BCUT2D eigenvalue weighted by Gasteiger charge is 2.19. The Kier molecular flexibility index (Phi) is 2.78. The predicted molar refractivity (Wildman–Crippen MR) is 59.0 cm³/mol. The van der Waals surface area contributed by atoms with Gasteiger partial charge in [0.1, 0.15) is 5.92 Å². The first kappa shape index (κ1) is 10.5. The van der Waals surface area contributed by atoms with E-state index in [4.69, 9.17) is 10.8 Å². The van der Waals surface area contributed by atoms with Gasteiger partial charge in [-0.2, -0.15) is 0 Å². The Morgan fingerprint density at radius 1 is 1.38 bits per heavy atom. The molecule has 3 N–H and O–H groups in total. The normalized spacial score (nSPS) is 12.6. The summed E-state index contributed by atoms with van der Waals surface area (Å²) in [6, 6.07) is 7.30. The monoisotopic (exact) mass is 217 g/mol. The zero-order chi connectivity index (χ0) is 11.5. The Morgan fingerprint density at radius 2 is 2.06 bits per heavy atom. The van der Waals surface area contributed by atoms with Crippen LogP contribution in [0.25, 0.3) is 11.0 Å². The van der Waals surface area contributed by atoms with Gasteiger partial charge in [0.05, 0.1) is 22.9 Å². The number of nitrogens with two attached hydrogens (primary N) is 1. The minimum absolute atomic E-state index is 0.0162. The van der Waals surface area contributed by atoms with E-state index in [0.717, 1.165) is 5.52 Å². The second-order valence-corrected chi connectivity index (χ2v) is 3.41. The highest BCUT2D eigenvalue weighted by atomic mass is 16.4. The standard InChI is InChI=1S/C11H11N3O2/c12-5-7(11(15)16)10-6-13-8-3-1-2-4-9(8)14-10/h1-4,6-7H,5,12H2,(H,15,16). The number of aliphatic carboxylic acids is 1. The summed E-state index contributed by atoms with van der Waals surface area (Å²) < 4.78 is 0. The molecular weight excluding hydrogens is 206 g/mol. The van der Waals surface area contributed by atoms with Gasteiger partial charge in [-0.3, -0.25) is 9.78 Å². The largest absolute Gasteiger partial charge is 0.481 e. The van der Waals surface area contributed by atoms with Crippen LogP contribution in [0.15, 0.2) is 30.5 Å². The SMILES string of the molecule is NCC(C(=O)O)c1cnc2ccccc2n1. The fourth-order valence-corrected chi connectivity index (χ4v) is 1.49. The average molecular weight is 217 g/mol. The summed E-state index contributed by atoms with van der Waals surface area (Å²) in [4.78, 5) is 19.3. The van der Waals surface area contributed by atoms with E-state index >= 15 is 0 Å². The van der Waals surface area contributed by atoms with E-state index in [9.17, 15) is 4.79 Å². The van der Waals surface area contributed by atoms with Crippen molar-refractivity contribution in [1.82, 2.24) is 9.97 Å². The molecule has 0 spiro atoms. The molecule has 1 unspecified atom stereocenters. The van der Waals surface area contributed by atoms with Crippen LogP contribution in [0.1, 0.15) is 11.6 Å². The van der Waals surface area contributed by atoms with Gasteiger partial charge >= 0.3 is 5.97 Å². The van der Waals surface area contributed by atoms with Crippen molar-refractivity contribution in [1.29, 1.82) is 0 Å². The smallest absolute Gasteiger partial charge is 0.313 e. The van der Waals surface area contributed by atoms with Crippen LogP contribution in [0, 0.1) is 0 Å². The topological polar surface area (TPSA) is 89.1 Å². The second kappa shape index (κ2) is 4.24. The Morgan fingerprint density at radius 3 is 2.69 bits per heavy atom. The third kappa shape index (κ3) is 1.85. The van der Waals surface area contributed by atoms with Crippen LogP contribution in [0.4, 0.5) is 0 Å². The number of aromatic nitrogens is 2. The quantitative estimate of drug-likeness (QED) is 0.792. The maximum atomic E-state index is 10.9. The number of hydrogen-bond donors (Lipinski definition) is 2. The predicted octanol–water partition coefficient (Wildman–Crippen LogP) is 0.757. The van der Waals surface area contributed by atoms with Gasteiger partial charge in [0.15, 0.2) is 0 Å². The molecular formula is C11H11N3O2. The molecule has 0 saturated heterocycles. The maximum absolute atomic E-state index is 10.9. The van der Waals surface area contributed by atoms with Crippen molar-refractivity contribution in [2.75, 3.05) is 6.54 Å². The molecule has 0 radical (unpaired) electrons. The Hall–Kier alpha value is -2.01. The lowest BCUT2D eigenvalue weighted by molar-refractivity contribution is -0.138. The second-order valence-electron chi connectivity index (χ2n) is 3.41. The zero-order valence-electron chi connectivity index (χ0n) is 8.50. The van der Waals surface area contributed by atoms with Gasteiger partial charge in [-0.05, 0) is 12.1 Å². The number of para-hydroxylation sites is 2. The molecule has 0 aliphatic heterocycles.